The first-order valence-corrected chi connectivity index (χ1v) is 12.9. The summed E-state index contributed by atoms with van der Waals surface area (Å²) >= 11 is 0. The molecule has 4 atom stereocenters. The van der Waals surface area contributed by atoms with Crippen LogP contribution < -0.4 is 0 Å². The van der Waals surface area contributed by atoms with Gasteiger partial charge in [-0.25, -0.2) is 9.78 Å². The van der Waals surface area contributed by atoms with Crippen LogP contribution in [0, 0.1) is 23.7 Å². The Hall–Kier alpha value is -0.690. The lowest BCUT2D eigenvalue weighted by molar-refractivity contribution is -0.339. The summed E-state index contributed by atoms with van der Waals surface area (Å²) in [5.74, 6) is 2.22. The average molecular weight is 439 g/mol. The van der Waals surface area contributed by atoms with E-state index in [1.807, 2.05) is 0 Å². The van der Waals surface area contributed by atoms with Gasteiger partial charge in [0.2, 0.25) is 0 Å². The molecular formula is C25H42O6. The molecular weight excluding hydrogens is 396 g/mol. The first-order chi connectivity index (χ1) is 15.2. The third-order valence-corrected chi connectivity index (χ3v) is 8.15. The summed E-state index contributed by atoms with van der Waals surface area (Å²) in [4.78, 5) is 24.0. The molecule has 2 saturated heterocycles. The van der Waals surface area contributed by atoms with Gasteiger partial charge in [0.1, 0.15) is 18.3 Å². The molecule has 2 aliphatic heterocycles. The first kappa shape index (κ1) is 23.5. The van der Waals surface area contributed by atoms with Crippen LogP contribution >= 0.6 is 0 Å². The lowest BCUT2D eigenvalue weighted by atomic mass is 9.80. The Morgan fingerprint density at radius 1 is 0.806 bits per heavy atom. The van der Waals surface area contributed by atoms with Crippen molar-refractivity contribution in [2.75, 3.05) is 19.8 Å². The number of ether oxygens (including phenoxy) is 3. The molecule has 2 aliphatic carbocycles. The highest BCUT2D eigenvalue weighted by Gasteiger charge is 2.51. The number of esters is 1. The lowest BCUT2D eigenvalue weighted by Gasteiger charge is -2.28. The van der Waals surface area contributed by atoms with E-state index >= 15 is 0 Å². The second-order valence-electron chi connectivity index (χ2n) is 10.3. The number of fused-ring (bicyclic) bond motifs is 1. The number of rotatable bonds is 9. The smallest absolute Gasteiger partial charge is 0.309 e. The van der Waals surface area contributed by atoms with E-state index in [0.29, 0.717) is 25.7 Å². The van der Waals surface area contributed by atoms with Crippen molar-refractivity contribution in [3.63, 3.8) is 0 Å². The van der Waals surface area contributed by atoms with E-state index in [1.54, 1.807) is 0 Å². The Bertz CT molecular complexity index is 552. The minimum Gasteiger partial charge on any atom is -0.457 e. The molecule has 0 spiro atoms. The van der Waals surface area contributed by atoms with Gasteiger partial charge in [0, 0.05) is 0 Å². The fourth-order valence-electron chi connectivity index (χ4n) is 5.98. The molecule has 178 valence electrons. The van der Waals surface area contributed by atoms with Crippen LogP contribution in [0.15, 0.2) is 0 Å². The van der Waals surface area contributed by atoms with Gasteiger partial charge >= 0.3 is 5.97 Å². The Morgan fingerprint density at radius 2 is 1.42 bits per heavy atom. The summed E-state index contributed by atoms with van der Waals surface area (Å²) in [5, 5.41) is 0. The summed E-state index contributed by atoms with van der Waals surface area (Å²) in [6.07, 6.45) is 12.1. The van der Waals surface area contributed by atoms with Crippen LogP contribution in [-0.4, -0.2) is 50.2 Å². The standard InChI is InChI=1S/C25H42O6/c1-3-5-18-6-8-19(9-7-18)14-29-31-22-16-28-23-21(15-27-24(22)23)30-25(26)20-12-10-17(4-2)11-13-20/h17-24H,3-16H2,1-2H3/t17?,18?,19?,20?,21?,22-,23+,24+/m0/s1. The molecule has 6 nitrogen and oxygen atoms in total. The minimum atomic E-state index is -0.330. The maximum Gasteiger partial charge on any atom is 0.309 e. The topological polar surface area (TPSA) is 63.2 Å². The van der Waals surface area contributed by atoms with Gasteiger partial charge < -0.3 is 14.2 Å². The molecule has 2 heterocycles. The van der Waals surface area contributed by atoms with E-state index in [0.717, 1.165) is 37.5 Å². The third-order valence-electron chi connectivity index (χ3n) is 8.15. The second kappa shape index (κ2) is 11.4. The zero-order valence-corrected chi connectivity index (χ0v) is 19.5. The van der Waals surface area contributed by atoms with E-state index in [4.69, 9.17) is 24.0 Å². The van der Waals surface area contributed by atoms with Crippen molar-refractivity contribution in [1.82, 2.24) is 0 Å². The van der Waals surface area contributed by atoms with Crippen molar-refractivity contribution in [2.45, 2.75) is 109 Å². The van der Waals surface area contributed by atoms with Crippen LogP contribution in [0.2, 0.25) is 0 Å². The van der Waals surface area contributed by atoms with Crippen molar-refractivity contribution >= 4 is 5.97 Å². The van der Waals surface area contributed by atoms with Crippen LogP contribution in [0.3, 0.4) is 0 Å². The minimum absolute atomic E-state index is 0.0334. The summed E-state index contributed by atoms with van der Waals surface area (Å²) < 4.78 is 17.6. The van der Waals surface area contributed by atoms with E-state index in [1.165, 1.54) is 44.9 Å². The van der Waals surface area contributed by atoms with Crippen LogP contribution in [0.25, 0.3) is 0 Å². The highest BCUT2D eigenvalue weighted by molar-refractivity contribution is 5.72. The van der Waals surface area contributed by atoms with Gasteiger partial charge in [-0.05, 0) is 56.3 Å². The van der Waals surface area contributed by atoms with E-state index in [2.05, 4.69) is 13.8 Å². The average Bonchev–Trinajstić information content (AvgIpc) is 3.38. The molecule has 0 bridgehead atoms. The predicted octanol–water partition coefficient (Wildman–Crippen LogP) is 4.84. The largest absolute Gasteiger partial charge is 0.457 e. The number of carbonyl (C=O) groups is 1. The van der Waals surface area contributed by atoms with Crippen molar-refractivity contribution in [3.8, 4) is 0 Å². The van der Waals surface area contributed by atoms with Crippen LogP contribution in [0.1, 0.15) is 84.5 Å². The van der Waals surface area contributed by atoms with Gasteiger partial charge in [-0.15, -0.1) is 0 Å². The zero-order chi connectivity index (χ0) is 21.6. The molecule has 1 unspecified atom stereocenters. The maximum atomic E-state index is 12.6. The molecule has 0 N–H and O–H groups in total. The summed E-state index contributed by atoms with van der Waals surface area (Å²) in [6.45, 7) is 5.96. The quantitative estimate of drug-likeness (QED) is 0.292. The fourth-order valence-corrected chi connectivity index (χ4v) is 5.98. The number of hydrogen-bond acceptors (Lipinski definition) is 6. The second-order valence-corrected chi connectivity index (χ2v) is 10.3. The van der Waals surface area contributed by atoms with Crippen LogP contribution in [-0.2, 0) is 28.8 Å². The number of carbonyl (C=O) groups excluding carboxylic acids is 1. The van der Waals surface area contributed by atoms with Gasteiger partial charge in [0.15, 0.2) is 6.10 Å². The molecule has 0 aromatic heterocycles. The highest BCUT2D eigenvalue weighted by atomic mass is 17.2. The number of hydrogen-bond donors (Lipinski definition) is 0. The van der Waals surface area contributed by atoms with Crippen molar-refractivity contribution in [2.24, 2.45) is 23.7 Å². The van der Waals surface area contributed by atoms with Crippen LogP contribution in [0.5, 0.6) is 0 Å². The van der Waals surface area contributed by atoms with E-state index in [9.17, 15) is 4.79 Å². The molecule has 0 aromatic rings. The van der Waals surface area contributed by atoms with Gasteiger partial charge in [0.25, 0.3) is 0 Å². The SMILES string of the molecule is CCCC1CCC(COO[C@H]2CO[C@@H]3C(OC(=O)C4CCC(CC)CC4)CO[C@H]23)CC1. The van der Waals surface area contributed by atoms with Crippen molar-refractivity contribution in [1.29, 1.82) is 0 Å². The summed E-state index contributed by atoms with van der Waals surface area (Å²) in [5.41, 5.74) is 0. The highest BCUT2D eigenvalue weighted by Crippen LogP contribution is 2.35. The normalized spacial score (nSPS) is 40.6. The summed E-state index contributed by atoms with van der Waals surface area (Å²) in [7, 11) is 0. The molecule has 4 rings (SSSR count). The molecule has 0 radical (unpaired) electrons. The molecule has 2 saturated carbocycles. The Kier molecular flexibility index (Phi) is 8.66. The summed E-state index contributed by atoms with van der Waals surface area (Å²) in [6, 6.07) is 0. The van der Waals surface area contributed by atoms with E-state index < -0.39 is 0 Å². The zero-order valence-electron chi connectivity index (χ0n) is 19.5. The predicted molar refractivity (Wildman–Crippen MR) is 116 cm³/mol. The van der Waals surface area contributed by atoms with Crippen molar-refractivity contribution in [3.05, 3.63) is 0 Å². The molecule has 0 amide bonds. The Balaban J connectivity index is 1.15. The molecule has 4 aliphatic rings. The van der Waals surface area contributed by atoms with Crippen molar-refractivity contribution < 1.29 is 28.8 Å². The Morgan fingerprint density at radius 3 is 2.10 bits per heavy atom. The van der Waals surface area contributed by atoms with E-state index in [-0.39, 0.29) is 36.3 Å². The lowest BCUT2D eigenvalue weighted by Crippen LogP contribution is -2.37. The monoisotopic (exact) mass is 438 g/mol. The van der Waals surface area contributed by atoms with Gasteiger partial charge in [-0.3, -0.25) is 4.79 Å². The third kappa shape index (κ3) is 6.01. The molecule has 4 fully saturated rings. The van der Waals surface area contributed by atoms with Gasteiger partial charge in [-0.1, -0.05) is 46.0 Å². The first-order valence-electron chi connectivity index (χ1n) is 12.9. The molecule has 0 aromatic carbocycles. The fraction of sp³-hybridized carbons (Fsp3) is 0.960. The molecule has 31 heavy (non-hydrogen) atoms. The van der Waals surface area contributed by atoms with Gasteiger partial charge in [-0.2, -0.15) is 0 Å². The van der Waals surface area contributed by atoms with Gasteiger partial charge in [0.05, 0.1) is 25.7 Å². The maximum absolute atomic E-state index is 12.6. The Labute approximate surface area is 187 Å². The van der Waals surface area contributed by atoms with Crippen LogP contribution in [0.4, 0.5) is 0 Å². The molecule has 6 heteroatoms.